The lowest BCUT2D eigenvalue weighted by atomic mass is 10.1. The number of hydrogen-bond donors (Lipinski definition) is 2. The van der Waals surface area contributed by atoms with Crippen LogP contribution in [0.2, 0.25) is 0 Å². The molecule has 39 heavy (non-hydrogen) atoms. The Morgan fingerprint density at radius 3 is 2.62 bits per heavy atom. The van der Waals surface area contributed by atoms with Crippen molar-refractivity contribution in [3.05, 3.63) is 30.3 Å². The number of amides is 1. The first kappa shape index (κ1) is 30.2. The standard InChI is InChI=1S/C29H47N3O7/c1-4-5-6-7-11-18-35-22-29-26(38-28(2,3)39-29)25(36-27(33)31-23-12-9-8-10-13-23)24(37-29)21-30-14-15-32-16-19-34-20-17-32/h8-10,12-13,24-26,30H,4-7,11,14-22H2,1-3H3,(H,31,33)/t24-,25+,26-,29-/m0/s1. The molecule has 0 spiro atoms. The van der Waals surface area contributed by atoms with Gasteiger partial charge in [-0.25, -0.2) is 4.79 Å². The molecule has 0 aromatic heterocycles. The molecule has 0 radical (unpaired) electrons. The molecule has 0 unspecified atom stereocenters. The van der Waals surface area contributed by atoms with Crippen molar-refractivity contribution < 1.29 is 33.2 Å². The van der Waals surface area contributed by atoms with Crippen LogP contribution in [-0.2, 0) is 28.4 Å². The molecule has 1 aromatic rings. The first-order chi connectivity index (χ1) is 18.9. The fraction of sp³-hybridized carbons (Fsp3) is 0.759. The van der Waals surface area contributed by atoms with Crippen molar-refractivity contribution in [3.8, 4) is 0 Å². The van der Waals surface area contributed by atoms with Gasteiger partial charge in [0.1, 0.15) is 12.7 Å². The van der Waals surface area contributed by atoms with E-state index in [1.165, 1.54) is 19.3 Å². The zero-order chi connectivity index (χ0) is 27.6. The van der Waals surface area contributed by atoms with Crippen molar-refractivity contribution in [2.24, 2.45) is 0 Å². The van der Waals surface area contributed by atoms with Crippen LogP contribution in [-0.4, -0.2) is 100 Å². The van der Waals surface area contributed by atoms with Crippen LogP contribution in [0.4, 0.5) is 10.5 Å². The van der Waals surface area contributed by atoms with Crippen molar-refractivity contribution in [1.82, 2.24) is 10.2 Å². The largest absolute Gasteiger partial charge is 0.440 e. The number of morpholine rings is 1. The molecule has 0 saturated carbocycles. The molecule has 1 aromatic carbocycles. The lowest BCUT2D eigenvalue weighted by Crippen LogP contribution is -2.46. The molecule has 1 amide bonds. The molecule has 3 heterocycles. The summed E-state index contributed by atoms with van der Waals surface area (Å²) in [6.45, 7) is 12.3. The number of nitrogens with zero attached hydrogens (tertiary/aromatic N) is 1. The molecule has 3 aliphatic heterocycles. The third-order valence-corrected chi connectivity index (χ3v) is 7.29. The van der Waals surface area contributed by atoms with Gasteiger partial charge in [0.25, 0.3) is 0 Å². The van der Waals surface area contributed by atoms with Gasteiger partial charge < -0.3 is 33.7 Å². The van der Waals surface area contributed by atoms with Crippen molar-refractivity contribution in [3.63, 3.8) is 0 Å². The van der Waals surface area contributed by atoms with E-state index in [4.69, 9.17) is 28.4 Å². The van der Waals surface area contributed by atoms with Crippen LogP contribution in [0.15, 0.2) is 30.3 Å². The molecule has 4 rings (SSSR count). The van der Waals surface area contributed by atoms with Crippen LogP contribution in [0.3, 0.4) is 0 Å². The van der Waals surface area contributed by atoms with Gasteiger partial charge in [-0.3, -0.25) is 10.2 Å². The molecule has 10 heteroatoms. The third-order valence-electron chi connectivity index (χ3n) is 7.29. The SMILES string of the molecule is CCCCCCCOC[C@@]12O[C@@H](CNCCN3CCOCC3)[C@@H](OC(=O)Nc3ccccc3)[C@@H]1OC(C)(C)O2. The monoisotopic (exact) mass is 549 g/mol. The maximum Gasteiger partial charge on any atom is 0.412 e. The smallest absolute Gasteiger partial charge is 0.412 e. The molecule has 220 valence electrons. The molecular weight excluding hydrogens is 502 g/mol. The van der Waals surface area contributed by atoms with Crippen molar-refractivity contribution in [1.29, 1.82) is 0 Å². The van der Waals surface area contributed by atoms with Crippen LogP contribution < -0.4 is 10.6 Å². The number of unbranched alkanes of at least 4 members (excludes halogenated alkanes) is 4. The highest BCUT2D eigenvalue weighted by molar-refractivity contribution is 5.84. The normalized spacial score (nSPS) is 28.3. The van der Waals surface area contributed by atoms with E-state index in [1.54, 1.807) is 0 Å². The highest BCUT2D eigenvalue weighted by Crippen LogP contribution is 2.46. The maximum absolute atomic E-state index is 12.9. The minimum atomic E-state index is -1.15. The molecule has 0 bridgehead atoms. The molecule has 0 aliphatic carbocycles. The summed E-state index contributed by atoms with van der Waals surface area (Å²) < 4.78 is 36.7. The van der Waals surface area contributed by atoms with Gasteiger partial charge >= 0.3 is 6.09 Å². The van der Waals surface area contributed by atoms with Gasteiger partial charge in [-0.05, 0) is 32.4 Å². The highest BCUT2D eigenvalue weighted by atomic mass is 16.9. The number of hydrogen-bond acceptors (Lipinski definition) is 9. The molecular formula is C29H47N3O7. The van der Waals surface area contributed by atoms with Crippen LogP contribution in [0, 0.1) is 0 Å². The van der Waals surface area contributed by atoms with Gasteiger partial charge in [0.15, 0.2) is 18.0 Å². The summed E-state index contributed by atoms with van der Waals surface area (Å²) in [4.78, 5) is 15.3. The Morgan fingerprint density at radius 2 is 1.85 bits per heavy atom. The maximum atomic E-state index is 12.9. The fourth-order valence-corrected chi connectivity index (χ4v) is 5.38. The van der Waals surface area contributed by atoms with Gasteiger partial charge in [0.05, 0.1) is 13.2 Å². The molecule has 3 aliphatic rings. The highest BCUT2D eigenvalue weighted by Gasteiger charge is 2.66. The number of fused-ring (bicyclic) bond motifs is 1. The zero-order valence-electron chi connectivity index (χ0n) is 23.8. The number of carbonyl (C=O) groups excluding carboxylic acids is 1. The predicted molar refractivity (Wildman–Crippen MR) is 148 cm³/mol. The number of benzene rings is 1. The first-order valence-electron chi connectivity index (χ1n) is 14.6. The van der Waals surface area contributed by atoms with E-state index in [1.807, 2.05) is 44.2 Å². The predicted octanol–water partition coefficient (Wildman–Crippen LogP) is 3.76. The van der Waals surface area contributed by atoms with E-state index in [9.17, 15) is 4.79 Å². The van der Waals surface area contributed by atoms with Gasteiger partial charge in [-0.1, -0.05) is 50.8 Å². The summed E-state index contributed by atoms with van der Waals surface area (Å²) in [6.07, 6.45) is 3.44. The summed E-state index contributed by atoms with van der Waals surface area (Å²) >= 11 is 0. The molecule has 4 atom stereocenters. The van der Waals surface area contributed by atoms with E-state index in [0.717, 1.165) is 52.2 Å². The van der Waals surface area contributed by atoms with Crippen molar-refractivity contribution in [2.75, 3.05) is 64.5 Å². The van der Waals surface area contributed by atoms with E-state index >= 15 is 0 Å². The quantitative estimate of drug-likeness (QED) is 0.317. The summed E-state index contributed by atoms with van der Waals surface area (Å²) in [5.41, 5.74) is 0.656. The first-order valence-corrected chi connectivity index (χ1v) is 14.6. The second-order valence-corrected chi connectivity index (χ2v) is 11.0. The Hall–Kier alpha value is -1.79. The number of anilines is 1. The summed E-state index contributed by atoms with van der Waals surface area (Å²) in [5, 5.41) is 6.29. The average molecular weight is 550 g/mol. The Labute approximate surface area is 233 Å². The second kappa shape index (κ2) is 14.7. The van der Waals surface area contributed by atoms with Gasteiger partial charge in [0, 0.05) is 45.0 Å². The molecule has 2 N–H and O–H groups in total. The Balaban J connectivity index is 1.38. The number of rotatable bonds is 15. The Kier molecular flexibility index (Phi) is 11.4. The Bertz CT molecular complexity index is 868. The number of para-hydroxylation sites is 1. The fourth-order valence-electron chi connectivity index (χ4n) is 5.38. The average Bonchev–Trinajstić information content (AvgIpc) is 3.33. The van der Waals surface area contributed by atoms with Crippen LogP contribution in [0.5, 0.6) is 0 Å². The molecule has 3 saturated heterocycles. The number of nitrogens with one attached hydrogen (secondary N) is 2. The van der Waals surface area contributed by atoms with E-state index in [-0.39, 0.29) is 6.61 Å². The van der Waals surface area contributed by atoms with Crippen molar-refractivity contribution in [2.45, 2.75) is 82.8 Å². The van der Waals surface area contributed by atoms with Crippen molar-refractivity contribution >= 4 is 11.8 Å². The van der Waals surface area contributed by atoms with Gasteiger partial charge in [-0.2, -0.15) is 0 Å². The minimum absolute atomic E-state index is 0.208. The third kappa shape index (κ3) is 8.85. The van der Waals surface area contributed by atoms with Crippen LogP contribution >= 0.6 is 0 Å². The van der Waals surface area contributed by atoms with Crippen LogP contribution in [0.1, 0.15) is 52.9 Å². The van der Waals surface area contributed by atoms with E-state index < -0.39 is 36.0 Å². The number of carbonyl (C=O) groups is 1. The minimum Gasteiger partial charge on any atom is -0.440 e. The molecule has 3 fully saturated rings. The lowest BCUT2D eigenvalue weighted by molar-refractivity contribution is -0.277. The number of ether oxygens (including phenoxy) is 6. The van der Waals surface area contributed by atoms with Gasteiger partial charge in [-0.15, -0.1) is 0 Å². The van der Waals surface area contributed by atoms with E-state index in [0.29, 0.717) is 18.8 Å². The van der Waals surface area contributed by atoms with Crippen LogP contribution in [0.25, 0.3) is 0 Å². The zero-order valence-corrected chi connectivity index (χ0v) is 23.8. The second-order valence-electron chi connectivity index (χ2n) is 11.0. The van der Waals surface area contributed by atoms with Gasteiger partial charge in [0.2, 0.25) is 5.79 Å². The topological polar surface area (TPSA) is 99.8 Å². The van der Waals surface area contributed by atoms with E-state index in [2.05, 4.69) is 22.5 Å². The summed E-state index contributed by atoms with van der Waals surface area (Å²) in [7, 11) is 0. The lowest BCUT2D eigenvalue weighted by Gasteiger charge is -2.29. The Morgan fingerprint density at radius 1 is 1.08 bits per heavy atom. The molecule has 10 nitrogen and oxygen atoms in total. The summed E-state index contributed by atoms with van der Waals surface area (Å²) in [5.74, 6) is -2.05. The summed E-state index contributed by atoms with van der Waals surface area (Å²) in [6, 6.07) is 9.24.